The maximum atomic E-state index is 10.9. The molecule has 1 aliphatic rings. The molecule has 1 rings (SSSR count). The Hall–Kier alpha value is -1.58. The van der Waals surface area contributed by atoms with Crippen molar-refractivity contribution in [2.75, 3.05) is 0 Å². The first kappa shape index (κ1) is 10.5. The molecule has 0 aliphatic heterocycles. The fraction of sp³-hybridized carbons (Fsp3) is 0.400. The molecule has 1 aliphatic carbocycles. The average Bonchev–Trinajstić information content (AvgIpc) is 2.13. The number of rotatable bonds is 4. The molecule has 4 heteroatoms. The monoisotopic (exact) mass is 196 g/mol. The van der Waals surface area contributed by atoms with Crippen LogP contribution in [0.2, 0.25) is 0 Å². The van der Waals surface area contributed by atoms with Crippen molar-refractivity contribution in [1.82, 2.24) is 0 Å². The van der Waals surface area contributed by atoms with E-state index in [1.807, 2.05) is 0 Å². The largest absolute Gasteiger partial charge is 0.419 e. The third-order valence-corrected chi connectivity index (χ3v) is 2.02. The van der Waals surface area contributed by atoms with Gasteiger partial charge in [-0.3, -0.25) is 0 Å². The van der Waals surface area contributed by atoms with Crippen molar-refractivity contribution in [1.29, 1.82) is 0 Å². The third-order valence-electron chi connectivity index (χ3n) is 2.02. The summed E-state index contributed by atoms with van der Waals surface area (Å²) in [6.07, 6.45) is 4.02. The normalized spacial score (nSPS) is 17.4. The molecule has 0 radical (unpaired) electrons. The molecular formula is C10H12O4. The number of hydrogen-bond acceptors (Lipinski definition) is 4. The van der Waals surface area contributed by atoms with Crippen LogP contribution in [0, 0.1) is 0 Å². The first-order valence-electron chi connectivity index (χ1n) is 4.33. The highest BCUT2D eigenvalue weighted by Gasteiger charge is 2.44. The van der Waals surface area contributed by atoms with Gasteiger partial charge in [0.15, 0.2) is 0 Å². The summed E-state index contributed by atoms with van der Waals surface area (Å²) in [6, 6.07) is 0. The first-order chi connectivity index (χ1) is 6.62. The third kappa shape index (κ3) is 2.22. The van der Waals surface area contributed by atoms with E-state index in [2.05, 4.69) is 13.2 Å². The number of carbonyl (C=O) groups excluding carboxylic acids is 2. The molecule has 1 saturated carbocycles. The molecule has 0 bridgehead atoms. The van der Waals surface area contributed by atoms with Crippen molar-refractivity contribution in [3.05, 3.63) is 25.3 Å². The van der Waals surface area contributed by atoms with Gasteiger partial charge in [0.05, 0.1) is 0 Å². The summed E-state index contributed by atoms with van der Waals surface area (Å²) >= 11 is 0. The zero-order valence-electron chi connectivity index (χ0n) is 7.82. The van der Waals surface area contributed by atoms with Crippen LogP contribution in [-0.2, 0) is 19.1 Å². The van der Waals surface area contributed by atoms with Crippen molar-refractivity contribution < 1.29 is 19.1 Å². The summed E-state index contributed by atoms with van der Waals surface area (Å²) in [5, 5.41) is 0. The number of hydrogen-bond donors (Lipinski definition) is 0. The first-order valence-corrected chi connectivity index (χ1v) is 4.33. The zero-order valence-corrected chi connectivity index (χ0v) is 7.82. The summed E-state index contributed by atoms with van der Waals surface area (Å²) in [7, 11) is 0. The molecular weight excluding hydrogens is 184 g/mol. The van der Waals surface area contributed by atoms with Gasteiger partial charge in [-0.25, -0.2) is 9.59 Å². The van der Waals surface area contributed by atoms with E-state index in [1.54, 1.807) is 0 Å². The van der Waals surface area contributed by atoms with Crippen LogP contribution in [0.3, 0.4) is 0 Å². The van der Waals surface area contributed by atoms with Gasteiger partial charge in [0.1, 0.15) is 0 Å². The van der Waals surface area contributed by atoms with E-state index in [4.69, 9.17) is 9.47 Å². The molecule has 14 heavy (non-hydrogen) atoms. The standard InChI is InChI=1S/C10H12O4/c1-3-8(11)13-10(6-5-7-10)14-9(12)4-2/h3-4H,1-2,5-7H2. The Morgan fingerprint density at radius 1 is 1.07 bits per heavy atom. The number of esters is 2. The van der Waals surface area contributed by atoms with Gasteiger partial charge in [-0.1, -0.05) is 13.2 Å². The Balaban J connectivity index is 2.57. The zero-order chi connectivity index (χ0) is 10.6. The van der Waals surface area contributed by atoms with Crippen molar-refractivity contribution >= 4 is 11.9 Å². The second-order valence-corrected chi connectivity index (χ2v) is 3.01. The van der Waals surface area contributed by atoms with Crippen LogP contribution in [0.15, 0.2) is 25.3 Å². The summed E-state index contributed by atoms with van der Waals surface area (Å²) in [5.41, 5.74) is 0. The molecule has 0 atom stereocenters. The van der Waals surface area contributed by atoms with E-state index in [1.165, 1.54) is 0 Å². The average molecular weight is 196 g/mol. The molecule has 76 valence electrons. The summed E-state index contributed by atoms with van der Waals surface area (Å²) in [5.74, 6) is -2.24. The number of ether oxygens (including phenoxy) is 2. The highest BCUT2D eigenvalue weighted by atomic mass is 16.7. The van der Waals surface area contributed by atoms with E-state index < -0.39 is 17.7 Å². The molecule has 0 heterocycles. The molecule has 0 spiro atoms. The lowest BCUT2D eigenvalue weighted by Crippen LogP contribution is -2.45. The van der Waals surface area contributed by atoms with Crippen LogP contribution < -0.4 is 0 Å². The molecule has 1 fully saturated rings. The lowest BCUT2D eigenvalue weighted by atomic mass is 9.91. The van der Waals surface area contributed by atoms with Crippen molar-refractivity contribution in [3.8, 4) is 0 Å². The highest BCUT2D eigenvalue weighted by molar-refractivity contribution is 5.83. The van der Waals surface area contributed by atoms with Gasteiger partial charge in [0.25, 0.3) is 5.79 Å². The van der Waals surface area contributed by atoms with E-state index >= 15 is 0 Å². The van der Waals surface area contributed by atoms with E-state index in [0.29, 0.717) is 12.8 Å². The van der Waals surface area contributed by atoms with Crippen molar-refractivity contribution in [2.45, 2.75) is 25.0 Å². The SMILES string of the molecule is C=CC(=O)OC1(OC(=O)C=C)CCC1. The maximum Gasteiger partial charge on any atom is 0.333 e. The Labute approximate surface area is 82.2 Å². The van der Waals surface area contributed by atoms with Gasteiger partial charge in [0, 0.05) is 25.0 Å². The molecule has 0 unspecified atom stereocenters. The fourth-order valence-electron chi connectivity index (χ4n) is 1.14. The highest BCUT2D eigenvalue weighted by Crippen LogP contribution is 2.37. The minimum absolute atomic E-state index is 0.534. The molecule has 0 aromatic heterocycles. The van der Waals surface area contributed by atoms with Crippen molar-refractivity contribution in [3.63, 3.8) is 0 Å². The van der Waals surface area contributed by atoms with Gasteiger partial charge in [-0.15, -0.1) is 0 Å². The van der Waals surface area contributed by atoms with Crippen LogP contribution in [0.4, 0.5) is 0 Å². The minimum atomic E-state index is -1.07. The summed E-state index contributed by atoms with van der Waals surface area (Å²) < 4.78 is 9.90. The Kier molecular flexibility index (Phi) is 3.06. The predicted octanol–water partition coefficient (Wildman–Crippen LogP) is 1.32. The smallest absolute Gasteiger partial charge is 0.333 e. The van der Waals surface area contributed by atoms with Gasteiger partial charge >= 0.3 is 11.9 Å². The second kappa shape index (κ2) is 4.09. The van der Waals surface area contributed by atoms with Crippen LogP contribution in [0.25, 0.3) is 0 Å². The lowest BCUT2D eigenvalue weighted by Gasteiger charge is -2.38. The van der Waals surface area contributed by atoms with Gasteiger partial charge in [-0.2, -0.15) is 0 Å². The Morgan fingerprint density at radius 3 is 1.71 bits per heavy atom. The second-order valence-electron chi connectivity index (χ2n) is 3.01. The predicted molar refractivity (Wildman–Crippen MR) is 49.2 cm³/mol. The fourth-order valence-corrected chi connectivity index (χ4v) is 1.14. The molecule has 0 saturated heterocycles. The number of carbonyl (C=O) groups is 2. The lowest BCUT2D eigenvalue weighted by molar-refractivity contribution is -0.249. The summed E-state index contributed by atoms with van der Waals surface area (Å²) in [6.45, 7) is 6.53. The van der Waals surface area contributed by atoms with Gasteiger partial charge in [-0.05, 0) is 6.42 Å². The van der Waals surface area contributed by atoms with Gasteiger partial charge in [0.2, 0.25) is 0 Å². The van der Waals surface area contributed by atoms with Crippen LogP contribution in [0.1, 0.15) is 19.3 Å². The minimum Gasteiger partial charge on any atom is -0.419 e. The molecule has 0 aromatic rings. The molecule has 0 amide bonds. The van der Waals surface area contributed by atoms with E-state index in [0.717, 1.165) is 18.6 Å². The maximum absolute atomic E-state index is 10.9. The van der Waals surface area contributed by atoms with E-state index in [-0.39, 0.29) is 0 Å². The van der Waals surface area contributed by atoms with Crippen molar-refractivity contribution in [2.24, 2.45) is 0 Å². The summed E-state index contributed by atoms with van der Waals surface area (Å²) in [4.78, 5) is 21.9. The van der Waals surface area contributed by atoms with Crippen LogP contribution in [0.5, 0.6) is 0 Å². The Morgan fingerprint density at radius 2 is 1.50 bits per heavy atom. The van der Waals surface area contributed by atoms with Crippen LogP contribution in [-0.4, -0.2) is 17.7 Å². The van der Waals surface area contributed by atoms with E-state index in [9.17, 15) is 9.59 Å². The van der Waals surface area contributed by atoms with Gasteiger partial charge < -0.3 is 9.47 Å². The topological polar surface area (TPSA) is 52.6 Å². The van der Waals surface area contributed by atoms with Crippen LogP contribution >= 0.6 is 0 Å². The Bertz CT molecular complexity index is 252. The quantitative estimate of drug-likeness (QED) is 0.386. The molecule has 4 nitrogen and oxygen atoms in total. The molecule has 0 N–H and O–H groups in total. The molecule has 0 aromatic carbocycles.